The molecule has 0 saturated carbocycles. The summed E-state index contributed by atoms with van der Waals surface area (Å²) < 4.78 is 10.1. The minimum atomic E-state index is -0.218. The summed E-state index contributed by atoms with van der Waals surface area (Å²) in [6.07, 6.45) is 0.699. The summed E-state index contributed by atoms with van der Waals surface area (Å²) in [4.78, 5) is 9.59. The number of nitrogens with one attached hydrogen (secondary N) is 1. The van der Waals surface area contributed by atoms with Crippen molar-refractivity contribution in [2.24, 2.45) is 5.84 Å². The number of ether oxygens (including phenoxy) is 2. The minimum absolute atomic E-state index is 0.0370. The summed E-state index contributed by atoms with van der Waals surface area (Å²) in [6.45, 7) is 8.92. The highest BCUT2D eigenvalue weighted by molar-refractivity contribution is 5.56. The number of carbonyl (C=O) groups is 1. The van der Waals surface area contributed by atoms with Gasteiger partial charge in [-0.1, -0.05) is 0 Å². The SMILES string of the molecule is CC(C=O)NN.CCOC(C)OCC. The molecule has 0 radical (unpaired) electrons. The van der Waals surface area contributed by atoms with Gasteiger partial charge in [0.15, 0.2) is 6.29 Å². The van der Waals surface area contributed by atoms with Crippen LogP contribution in [0.5, 0.6) is 0 Å². The van der Waals surface area contributed by atoms with Gasteiger partial charge in [0.05, 0.1) is 6.04 Å². The van der Waals surface area contributed by atoms with Crippen molar-refractivity contribution in [2.45, 2.75) is 40.0 Å². The van der Waals surface area contributed by atoms with E-state index >= 15 is 0 Å². The van der Waals surface area contributed by atoms with Gasteiger partial charge in [0, 0.05) is 13.2 Å². The lowest BCUT2D eigenvalue weighted by molar-refractivity contribution is -0.123. The third-order valence-corrected chi connectivity index (χ3v) is 1.27. The van der Waals surface area contributed by atoms with Crippen molar-refractivity contribution in [2.75, 3.05) is 13.2 Å². The topological polar surface area (TPSA) is 73.6 Å². The van der Waals surface area contributed by atoms with E-state index in [0.717, 1.165) is 19.5 Å². The zero-order valence-electron chi connectivity index (χ0n) is 9.45. The Morgan fingerprint density at radius 3 is 1.86 bits per heavy atom. The van der Waals surface area contributed by atoms with Gasteiger partial charge in [-0.3, -0.25) is 11.3 Å². The van der Waals surface area contributed by atoms with Crippen molar-refractivity contribution in [1.82, 2.24) is 5.43 Å². The minimum Gasteiger partial charge on any atom is -0.353 e. The van der Waals surface area contributed by atoms with Crippen LogP contribution in [-0.2, 0) is 14.3 Å². The van der Waals surface area contributed by atoms with Crippen LogP contribution in [0.2, 0.25) is 0 Å². The van der Waals surface area contributed by atoms with Crippen molar-refractivity contribution in [1.29, 1.82) is 0 Å². The Balaban J connectivity index is 0. The van der Waals surface area contributed by atoms with Gasteiger partial charge in [0.1, 0.15) is 6.29 Å². The fraction of sp³-hybridized carbons (Fsp3) is 0.889. The third-order valence-electron chi connectivity index (χ3n) is 1.27. The zero-order valence-corrected chi connectivity index (χ0v) is 9.45. The van der Waals surface area contributed by atoms with Crippen LogP contribution in [0.1, 0.15) is 27.7 Å². The number of nitrogens with two attached hydrogens (primary N) is 1. The van der Waals surface area contributed by atoms with E-state index in [1.807, 2.05) is 20.8 Å². The van der Waals surface area contributed by atoms with Gasteiger partial charge >= 0.3 is 0 Å². The Bertz CT molecular complexity index is 117. The van der Waals surface area contributed by atoms with Crippen LogP contribution >= 0.6 is 0 Å². The molecule has 0 aromatic carbocycles. The molecule has 0 spiro atoms. The van der Waals surface area contributed by atoms with E-state index in [0.29, 0.717) is 0 Å². The first-order chi connectivity index (χ1) is 6.62. The van der Waals surface area contributed by atoms with Crippen molar-refractivity contribution in [3.05, 3.63) is 0 Å². The predicted molar refractivity (Wildman–Crippen MR) is 55.6 cm³/mol. The van der Waals surface area contributed by atoms with Crippen LogP contribution < -0.4 is 11.3 Å². The second-order valence-electron chi connectivity index (χ2n) is 2.57. The van der Waals surface area contributed by atoms with Crippen LogP contribution in [0, 0.1) is 0 Å². The first kappa shape index (κ1) is 16.0. The van der Waals surface area contributed by atoms with Crippen LogP contribution in [0.3, 0.4) is 0 Å². The molecule has 0 aromatic heterocycles. The van der Waals surface area contributed by atoms with E-state index in [-0.39, 0.29) is 12.3 Å². The summed E-state index contributed by atoms with van der Waals surface area (Å²) in [7, 11) is 0. The summed E-state index contributed by atoms with van der Waals surface area (Å²) in [5.74, 6) is 4.80. The number of aldehydes is 1. The molecule has 0 bridgehead atoms. The fourth-order valence-electron chi connectivity index (χ4n) is 0.557. The largest absolute Gasteiger partial charge is 0.353 e. The normalized spacial score (nSPS) is 11.9. The van der Waals surface area contributed by atoms with Crippen molar-refractivity contribution in [3.8, 4) is 0 Å². The van der Waals surface area contributed by atoms with E-state index in [1.54, 1.807) is 6.92 Å². The molecular weight excluding hydrogens is 184 g/mol. The summed E-state index contributed by atoms with van der Waals surface area (Å²) in [5.41, 5.74) is 2.25. The highest BCUT2D eigenvalue weighted by Crippen LogP contribution is 1.90. The first-order valence-corrected chi connectivity index (χ1v) is 4.76. The maximum Gasteiger partial charge on any atom is 0.154 e. The van der Waals surface area contributed by atoms with Gasteiger partial charge in [0.25, 0.3) is 0 Å². The van der Waals surface area contributed by atoms with E-state index in [4.69, 9.17) is 15.3 Å². The molecule has 5 nitrogen and oxygen atoms in total. The van der Waals surface area contributed by atoms with Crippen LogP contribution in [-0.4, -0.2) is 31.8 Å². The number of hydrogen-bond acceptors (Lipinski definition) is 5. The maximum atomic E-state index is 9.59. The molecule has 0 aliphatic heterocycles. The van der Waals surface area contributed by atoms with Crippen molar-refractivity contribution >= 4 is 6.29 Å². The van der Waals surface area contributed by atoms with Gasteiger partial charge in [-0.15, -0.1) is 0 Å². The quantitative estimate of drug-likeness (QED) is 0.285. The smallest absolute Gasteiger partial charge is 0.154 e. The molecule has 0 aromatic rings. The van der Waals surface area contributed by atoms with Gasteiger partial charge in [-0.05, 0) is 27.7 Å². The summed E-state index contributed by atoms with van der Waals surface area (Å²) in [6, 6.07) is -0.218. The lowest BCUT2D eigenvalue weighted by Gasteiger charge is -2.09. The molecule has 0 amide bonds. The number of rotatable bonds is 6. The predicted octanol–water partition coefficient (Wildman–Crippen LogP) is 0.443. The Hall–Kier alpha value is -0.490. The Labute approximate surface area is 85.9 Å². The van der Waals surface area contributed by atoms with Gasteiger partial charge in [-0.2, -0.15) is 0 Å². The highest BCUT2D eigenvalue weighted by atomic mass is 16.7. The van der Waals surface area contributed by atoms with E-state index in [9.17, 15) is 4.79 Å². The molecule has 0 heterocycles. The van der Waals surface area contributed by atoms with Crippen LogP contribution in [0.15, 0.2) is 0 Å². The van der Waals surface area contributed by atoms with Gasteiger partial charge in [0.2, 0.25) is 0 Å². The van der Waals surface area contributed by atoms with Gasteiger partial charge < -0.3 is 14.3 Å². The Morgan fingerprint density at radius 2 is 1.71 bits per heavy atom. The standard InChI is InChI=1S/C6H14O2.C3H8N2O/c1-4-7-6(3)8-5-2;1-3(2-6)5-4/h6H,4-5H2,1-3H3;2-3,5H,4H2,1H3. The molecule has 1 atom stereocenters. The average molecular weight is 206 g/mol. The summed E-state index contributed by atoms with van der Waals surface area (Å²) >= 11 is 0. The molecule has 0 aliphatic rings. The molecule has 14 heavy (non-hydrogen) atoms. The second-order valence-corrected chi connectivity index (χ2v) is 2.57. The lowest BCUT2D eigenvalue weighted by Crippen LogP contribution is -2.33. The molecule has 1 unspecified atom stereocenters. The first-order valence-electron chi connectivity index (χ1n) is 4.76. The van der Waals surface area contributed by atoms with Gasteiger partial charge in [-0.25, -0.2) is 0 Å². The number of hydrogen-bond donors (Lipinski definition) is 2. The number of hydrazine groups is 1. The molecule has 5 heteroatoms. The molecule has 0 rings (SSSR count). The highest BCUT2D eigenvalue weighted by Gasteiger charge is 1.94. The van der Waals surface area contributed by atoms with Crippen molar-refractivity contribution in [3.63, 3.8) is 0 Å². The second kappa shape index (κ2) is 12.5. The Morgan fingerprint density at radius 1 is 1.29 bits per heavy atom. The molecule has 0 fully saturated rings. The molecule has 3 N–H and O–H groups in total. The van der Waals surface area contributed by atoms with E-state index < -0.39 is 0 Å². The zero-order chi connectivity index (χ0) is 11.4. The molecule has 86 valence electrons. The lowest BCUT2D eigenvalue weighted by atomic mass is 10.4. The maximum absolute atomic E-state index is 9.59. The Kier molecular flexibility index (Phi) is 14.3. The van der Waals surface area contributed by atoms with E-state index in [2.05, 4.69) is 5.43 Å². The molecular formula is C9H22N2O3. The monoisotopic (exact) mass is 206 g/mol. The van der Waals surface area contributed by atoms with Crippen molar-refractivity contribution < 1.29 is 14.3 Å². The van der Waals surface area contributed by atoms with E-state index in [1.165, 1.54) is 0 Å². The third kappa shape index (κ3) is 14.1. The number of carbonyl (C=O) groups excluding carboxylic acids is 1. The van der Waals surface area contributed by atoms with Crippen LogP contribution in [0.25, 0.3) is 0 Å². The average Bonchev–Trinajstić information content (AvgIpc) is 2.18. The molecule has 0 aliphatic carbocycles. The molecule has 0 saturated heterocycles. The van der Waals surface area contributed by atoms with Crippen LogP contribution in [0.4, 0.5) is 0 Å². The summed E-state index contributed by atoms with van der Waals surface area (Å²) in [5, 5.41) is 0. The fourth-order valence-corrected chi connectivity index (χ4v) is 0.557.